The maximum absolute atomic E-state index is 13.6. The van der Waals surface area contributed by atoms with Crippen LogP contribution in [-0.4, -0.2) is 33.1 Å². The highest BCUT2D eigenvalue weighted by Crippen LogP contribution is 2.26. The minimum atomic E-state index is -0.703. The van der Waals surface area contributed by atoms with Crippen LogP contribution in [-0.2, 0) is 24.4 Å². The molecule has 0 bridgehead atoms. The number of alkyl carbamates (subject to hydrolysis) is 1. The van der Waals surface area contributed by atoms with E-state index in [1.807, 2.05) is 65.2 Å². The quantitative estimate of drug-likeness (QED) is 0.141. The summed E-state index contributed by atoms with van der Waals surface area (Å²) in [6.45, 7) is 6.01. The molecule has 0 atom stereocenters. The molecule has 0 aliphatic carbocycles. The van der Waals surface area contributed by atoms with Gasteiger partial charge in [-0.05, 0) is 60.4 Å². The van der Waals surface area contributed by atoms with Crippen molar-refractivity contribution < 1.29 is 19.4 Å². The van der Waals surface area contributed by atoms with Gasteiger partial charge < -0.3 is 19.7 Å². The third-order valence-electron chi connectivity index (χ3n) is 6.92. The van der Waals surface area contributed by atoms with Crippen LogP contribution in [0, 0.1) is 5.41 Å². The summed E-state index contributed by atoms with van der Waals surface area (Å²) in [5.41, 5.74) is 3.81. The average molecular weight is 563 g/mol. The van der Waals surface area contributed by atoms with Crippen LogP contribution in [0.2, 0.25) is 0 Å². The summed E-state index contributed by atoms with van der Waals surface area (Å²) in [6, 6.07) is 28.9. The monoisotopic (exact) mass is 562 g/mol. The molecule has 1 aromatic heterocycles. The van der Waals surface area contributed by atoms with E-state index in [0.29, 0.717) is 24.3 Å². The Morgan fingerprint density at radius 1 is 0.881 bits per heavy atom. The van der Waals surface area contributed by atoms with E-state index in [0.717, 1.165) is 38.4 Å². The molecule has 5 aromatic rings. The smallest absolute Gasteiger partial charge is 0.413 e. The number of hydrogen-bond acceptors (Lipinski definition) is 5. The predicted octanol–water partition coefficient (Wildman–Crippen LogP) is 6.12. The van der Waals surface area contributed by atoms with Gasteiger partial charge in [-0.25, -0.2) is 4.79 Å². The summed E-state index contributed by atoms with van der Waals surface area (Å²) in [4.78, 5) is 25.9. The molecule has 0 radical (unpaired) electrons. The standard InChI is InChI=1S/C34H34N4O4/c1-34(2,3)42-33(41)37-31(35)26-16-15-25-17-30(32(40)36-19-22-11-13-23(21-39)14-12-22)38(29(25)18-26)20-27-9-6-8-24-7-4-5-10-28(24)27/h4-18,39H,19-21H2,1-3H3,(H,36,40)(H2,35,37,41). The van der Waals surface area contributed by atoms with Gasteiger partial charge in [-0.15, -0.1) is 0 Å². The highest BCUT2D eigenvalue weighted by Gasteiger charge is 2.20. The second-order valence-electron chi connectivity index (χ2n) is 11.2. The van der Waals surface area contributed by atoms with Crippen molar-refractivity contribution >= 4 is 39.5 Å². The summed E-state index contributed by atoms with van der Waals surface area (Å²) in [5.74, 6) is -0.331. The van der Waals surface area contributed by atoms with Crippen molar-refractivity contribution in [2.75, 3.05) is 0 Å². The fourth-order valence-electron chi connectivity index (χ4n) is 4.88. The molecule has 1 heterocycles. The fraction of sp³-hybridized carbons (Fsp3) is 0.206. The summed E-state index contributed by atoms with van der Waals surface area (Å²) in [7, 11) is 0. The van der Waals surface area contributed by atoms with Crippen molar-refractivity contribution in [2.45, 2.75) is 46.1 Å². The van der Waals surface area contributed by atoms with Crippen LogP contribution in [0.3, 0.4) is 0 Å². The van der Waals surface area contributed by atoms with Gasteiger partial charge in [0.25, 0.3) is 5.91 Å². The van der Waals surface area contributed by atoms with Gasteiger partial charge in [0.1, 0.15) is 17.1 Å². The van der Waals surface area contributed by atoms with E-state index in [1.54, 1.807) is 26.8 Å². The topological polar surface area (TPSA) is 116 Å². The Balaban J connectivity index is 1.50. The van der Waals surface area contributed by atoms with Gasteiger partial charge >= 0.3 is 6.09 Å². The first-order valence-corrected chi connectivity index (χ1v) is 13.8. The number of hydrogen-bond donors (Lipinski definition) is 4. The lowest BCUT2D eigenvalue weighted by molar-refractivity contribution is 0.0563. The molecule has 0 spiro atoms. The Morgan fingerprint density at radius 3 is 2.33 bits per heavy atom. The van der Waals surface area contributed by atoms with Crippen molar-refractivity contribution in [3.8, 4) is 0 Å². The van der Waals surface area contributed by atoms with Crippen LogP contribution in [0.4, 0.5) is 4.79 Å². The van der Waals surface area contributed by atoms with Crippen LogP contribution in [0.5, 0.6) is 0 Å². The molecule has 8 nitrogen and oxygen atoms in total. The van der Waals surface area contributed by atoms with Crippen LogP contribution in [0.25, 0.3) is 21.7 Å². The minimum Gasteiger partial charge on any atom is -0.444 e. The van der Waals surface area contributed by atoms with Crippen LogP contribution in [0.15, 0.2) is 91.0 Å². The van der Waals surface area contributed by atoms with Gasteiger partial charge in [-0.3, -0.25) is 15.5 Å². The Kier molecular flexibility index (Phi) is 8.08. The number of carbonyl (C=O) groups excluding carboxylic acids is 2. The molecule has 0 fully saturated rings. The number of ether oxygens (including phenoxy) is 1. The number of nitrogens with zero attached hydrogens (tertiary/aromatic N) is 1. The van der Waals surface area contributed by atoms with Crippen molar-refractivity contribution in [1.29, 1.82) is 5.41 Å². The third-order valence-corrected chi connectivity index (χ3v) is 6.92. The minimum absolute atomic E-state index is 0.0341. The first-order chi connectivity index (χ1) is 20.1. The number of aliphatic hydroxyl groups is 1. The number of amidine groups is 1. The largest absolute Gasteiger partial charge is 0.444 e. The molecule has 0 aliphatic rings. The Labute approximate surface area is 244 Å². The van der Waals surface area contributed by atoms with E-state index in [2.05, 4.69) is 34.9 Å². The van der Waals surface area contributed by atoms with E-state index < -0.39 is 11.7 Å². The highest BCUT2D eigenvalue weighted by molar-refractivity contribution is 6.07. The zero-order valence-electron chi connectivity index (χ0n) is 23.9. The molecule has 5 rings (SSSR count). The number of carbonyl (C=O) groups is 2. The molecular formula is C34H34N4O4. The number of aliphatic hydroxyl groups excluding tert-OH is 1. The lowest BCUT2D eigenvalue weighted by Gasteiger charge is -2.20. The van der Waals surface area contributed by atoms with Gasteiger partial charge in [-0.1, -0.05) is 78.9 Å². The molecule has 214 valence electrons. The number of amides is 2. The zero-order valence-corrected chi connectivity index (χ0v) is 23.9. The second-order valence-corrected chi connectivity index (χ2v) is 11.2. The van der Waals surface area contributed by atoms with E-state index in [4.69, 9.17) is 10.1 Å². The van der Waals surface area contributed by atoms with Gasteiger partial charge in [0.2, 0.25) is 0 Å². The van der Waals surface area contributed by atoms with E-state index in [1.165, 1.54) is 0 Å². The summed E-state index contributed by atoms with van der Waals surface area (Å²) in [5, 5.41) is 26.4. The molecule has 0 saturated heterocycles. The van der Waals surface area contributed by atoms with Gasteiger partial charge in [0.05, 0.1) is 6.61 Å². The number of benzene rings is 4. The molecule has 4 N–H and O–H groups in total. The SMILES string of the molecule is CC(C)(C)OC(=O)NC(=N)c1ccc2cc(C(=O)NCc3ccc(CO)cc3)n(Cc3cccc4ccccc34)c2c1. The van der Waals surface area contributed by atoms with Crippen LogP contribution in [0.1, 0.15) is 53.5 Å². The number of nitrogens with one attached hydrogen (secondary N) is 3. The average Bonchev–Trinajstić information content (AvgIpc) is 3.33. The summed E-state index contributed by atoms with van der Waals surface area (Å²) >= 11 is 0. The molecule has 0 aliphatic heterocycles. The molecule has 8 heteroatoms. The molecule has 42 heavy (non-hydrogen) atoms. The first kappa shape index (κ1) is 28.6. The second kappa shape index (κ2) is 11.9. The fourth-order valence-corrected chi connectivity index (χ4v) is 4.88. The van der Waals surface area contributed by atoms with E-state index in [9.17, 15) is 14.7 Å². The van der Waals surface area contributed by atoms with Gasteiger partial charge in [0.15, 0.2) is 0 Å². The summed E-state index contributed by atoms with van der Waals surface area (Å²) < 4.78 is 7.26. The zero-order chi connectivity index (χ0) is 29.9. The van der Waals surface area contributed by atoms with Crippen LogP contribution < -0.4 is 10.6 Å². The van der Waals surface area contributed by atoms with Crippen molar-refractivity contribution in [1.82, 2.24) is 15.2 Å². The van der Waals surface area contributed by atoms with Gasteiger partial charge in [0, 0.05) is 29.6 Å². The van der Waals surface area contributed by atoms with Crippen LogP contribution >= 0.6 is 0 Å². The Morgan fingerprint density at radius 2 is 1.60 bits per heavy atom. The Hall–Kier alpha value is -4.95. The maximum Gasteiger partial charge on any atom is 0.413 e. The van der Waals surface area contributed by atoms with Crippen molar-refractivity contribution in [2.24, 2.45) is 0 Å². The molecular weight excluding hydrogens is 528 g/mol. The van der Waals surface area contributed by atoms with E-state index in [-0.39, 0.29) is 18.3 Å². The molecule has 2 amide bonds. The van der Waals surface area contributed by atoms with Gasteiger partial charge in [-0.2, -0.15) is 0 Å². The first-order valence-electron chi connectivity index (χ1n) is 13.8. The predicted molar refractivity (Wildman–Crippen MR) is 165 cm³/mol. The normalized spacial score (nSPS) is 11.4. The highest BCUT2D eigenvalue weighted by atomic mass is 16.6. The lowest BCUT2D eigenvalue weighted by Crippen LogP contribution is -2.36. The molecule has 0 saturated carbocycles. The maximum atomic E-state index is 13.6. The Bertz CT molecular complexity index is 1780. The van der Waals surface area contributed by atoms with E-state index >= 15 is 0 Å². The van der Waals surface area contributed by atoms with Crippen molar-refractivity contribution in [3.63, 3.8) is 0 Å². The lowest BCUT2D eigenvalue weighted by atomic mass is 10.0. The number of aromatic nitrogens is 1. The third kappa shape index (κ3) is 6.50. The number of fused-ring (bicyclic) bond motifs is 2. The number of rotatable bonds is 7. The molecule has 4 aromatic carbocycles. The van der Waals surface area contributed by atoms with Crippen molar-refractivity contribution in [3.05, 3.63) is 119 Å². The molecule has 0 unspecified atom stereocenters. The summed E-state index contributed by atoms with van der Waals surface area (Å²) in [6.07, 6.45) is -0.703.